The number of carbonyl (C=O) groups is 2. The van der Waals surface area contributed by atoms with Gasteiger partial charge in [0.25, 0.3) is 0 Å². The van der Waals surface area contributed by atoms with Crippen molar-refractivity contribution in [3.63, 3.8) is 0 Å². The van der Waals surface area contributed by atoms with Crippen molar-refractivity contribution in [1.29, 1.82) is 0 Å². The summed E-state index contributed by atoms with van der Waals surface area (Å²) >= 11 is 0. The predicted octanol–water partition coefficient (Wildman–Crippen LogP) is 7.31. The standard InChI is InChI=1S/C37H44N6O3/c1-24(2)21-32(44)42-19-7-9-31(42)33-39-28-17-14-26(22-29(28)40-33)11-10-25-12-15-27(16-13-25)30-23-38-34(41-30)37(6)18-8-20-43(37)35(45)46-36(3,4)5/h12-17,22-24,31H,7-9,18-21H2,1-6H3,(H,38,41)(H,39,40)/t31-,37+/m0/s1. The highest BCUT2D eigenvalue weighted by Gasteiger charge is 2.45. The Hall–Kier alpha value is -4.58. The molecule has 46 heavy (non-hydrogen) atoms. The summed E-state index contributed by atoms with van der Waals surface area (Å²) in [7, 11) is 0. The first kappa shape index (κ1) is 31.4. The maximum Gasteiger partial charge on any atom is 0.411 e. The number of likely N-dealkylation sites (tertiary alicyclic amines) is 2. The number of benzene rings is 2. The van der Waals surface area contributed by atoms with Gasteiger partial charge in [-0.25, -0.2) is 14.8 Å². The molecule has 2 aromatic carbocycles. The third-order valence-corrected chi connectivity index (χ3v) is 8.86. The number of hydrogen-bond donors (Lipinski definition) is 2. The number of nitrogens with zero attached hydrogens (tertiary/aromatic N) is 4. The van der Waals surface area contributed by atoms with Gasteiger partial charge >= 0.3 is 6.09 Å². The van der Waals surface area contributed by atoms with Gasteiger partial charge in [0.05, 0.1) is 29.0 Å². The highest BCUT2D eigenvalue weighted by Crippen LogP contribution is 2.39. The van der Waals surface area contributed by atoms with E-state index >= 15 is 0 Å². The van der Waals surface area contributed by atoms with Gasteiger partial charge in [0.2, 0.25) is 5.91 Å². The summed E-state index contributed by atoms with van der Waals surface area (Å²) in [6.07, 6.45) is 5.71. The lowest BCUT2D eigenvalue weighted by molar-refractivity contribution is -0.133. The lowest BCUT2D eigenvalue weighted by atomic mass is 9.98. The van der Waals surface area contributed by atoms with Crippen LogP contribution in [0.4, 0.5) is 4.79 Å². The molecule has 4 heterocycles. The number of imidazole rings is 2. The van der Waals surface area contributed by atoms with Crippen molar-refractivity contribution < 1.29 is 14.3 Å². The van der Waals surface area contributed by atoms with E-state index in [1.807, 2.05) is 81.3 Å². The molecule has 2 aromatic heterocycles. The SMILES string of the molecule is CC(C)CC(=O)N1CCC[C@H]1c1nc2ccc(C#Cc3ccc(-c4cnc([C@@]5(C)CCCN5C(=O)OC(C)(C)C)[nH]4)cc3)cc2[nH]1. The summed E-state index contributed by atoms with van der Waals surface area (Å²) < 4.78 is 5.68. The van der Waals surface area contributed by atoms with Crippen LogP contribution in [0.5, 0.6) is 0 Å². The van der Waals surface area contributed by atoms with Crippen molar-refractivity contribution in [2.75, 3.05) is 13.1 Å². The topological polar surface area (TPSA) is 107 Å². The number of hydrogen-bond acceptors (Lipinski definition) is 5. The second-order valence-corrected chi connectivity index (χ2v) is 14.2. The Morgan fingerprint density at radius 2 is 1.78 bits per heavy atom. The third kappa shape index (κ3) is 6.53. The van der Waals surface area contributed by atoms with Gasteiger partial charge in [-0.2, -0.15) is 0 Å². The first-order chi connectivity index (χ1) is 21.9. The van der Waals surface area contributed by atoms with Crippen LogP contribution in [0.25, 0.3) is 22.3 Å². The molecule has 0 bridgehead atoms. The molecule has 0 unspecified atom stereocenters. The summed E-state index contributed by atoms with van der Waals surface area (Å²) in [6.45, 7) is 13.3. The first-order valence-electron chi connectivity index (χ1n) is 16.4. The van der Waals surface area contributed by atoms with Crippen molar-refractivity contribution in [3.05, 3.63) is 71.4 Å². The minimum atomic E-state index is -0.554. The molecule has 9 nitrogen and oxygen atoms in total. The van der Waals surface area contributed by atoms with Crippen LogP contribution >= 0.6 is 0 Å². The molecular formula is C37H44N6O3. The molecule has 240 valence electrons. The second-order valence-electron chi connectivity index (χ2n) is 14.2. The zero-order valence-corrected chi connectivity index (χ0v) is 27.7. The normalized spacial score (nSPS) is 19.9. The molecule has 2 fully saturated rings. The van der Waals surface area contributed by atoms with E-state index in [9.17, 15) is 9.59 Å². The largest absolute Gasteiger partial charge is 0.444 e. The highest BCUT2D eigenvalue weighted by molar-refractivity contribution is 5.79. The van der Waals surface area contributed by atoms with Gasteiger partial charge in [-0.15, -0.1) is 0 Å². The number of rotatable bonds is 5. The van der Waals surface area contributed by atoms with Crippen LogP contribution in [0.15, 0.2) is 48.7 Å². The summed E-state index contributed by atoms with van der Waals surface area (Å²) in [4.78, 5) is 46.0. The molecule has 0 radical (unpaired) electrons. The monoisotopic (exact) mass is 620 g/mol. The summed E-state index contributed by atoms with van der Waals surface area (Å²) in [5.74, 6) is 8.72. The van der Waals surface area contributed by atoms with Gasteiger partial charge in [0, 0.05) is 30.6 Å². The van der Waals surface area contributed by atoms with E-state index in [0.717, 1.165) is 77.3 Å². The Labute approximate surface area is 271 Å². The zero-order valence-electron chi connectivity index (χ0n) is 27.7. The van der Waals surface area contributed by atoms with Gasteiger partial charge in [-0.05, 0) is 95.2 Å². The molecule has 2 aliphatic rings. The molecule has 9 heteroatoms. The third-order valence-electron chi connectivity index (χ3n) is 8.86. The van der Waals surface area contributed by atoms with Crippen molar-refractivity contribution in [3.8, 4) is 23.1 Å². The Morgan fingerprint density at radius 1 is 1.04 bits per heavy atom. The Morgan fingerprint density at radius 3 is 2.52 bits per heavy atom. The quantitative estimate of drug-likeness (QED) is 0.228. The minimum Gasteiger partial charge on any atom is -0.444 e. The average molecular weight is 621 g/mol. The van der Waals surface area contributed by atoms with E-state index in [0.29, 0.717) is 18.9 Å². The van der Waals surface area contributed by atoms with Gasteiger partial charge in [0.15, 0.2) is 0 Å². The summed E-state index contributed by atoms with van der Waals surface area (Å²) in [5.41, 5.74) is 4.38. The van der Waals surface area contributed by atoms with E-state index in [2.05, 4.69) is 40.6 Å². The molecular weight excluding hydrogens is 576 g/mol. The molecule has 2 amide bonds. The Balaban J connectivity index is 1.14. The summed E-state index contributed by atoms with van der Waals surface area (Å²) in [6, 6.07) is 14.1. The van der Waals surface area contributed by atoms with Crippen LogP contribution in [0.1, 0.15) is 102 Å². The molecule has 6 rings (SSSR count). The van der Waals surface area contributed by atoms with Crippen LogP contribution in [-0.4, -0.2) is 60.4 Å². The van der Waals surface area contributed by atoms with E-state index < -0.39 is 11.1 Å². The number of H-pyrrole nitrogens is 2. The van der Waals surface area contributed by atoms with Crippen LogP contribution < -0.4 is 0 Å². The highest BCUT2D eigenvalue weighted by atomic mass is 16.6. The molecule has 2 saturated heterocycles. The van der Waals surface area contributed by atoms with E-state index in [1.54, 1.807) is 4.90 Å². The number of aromatic amines is 2. The molecule has 2 N–H and O–H groups in total. The molecule has 0 saturated carbocycles. The minimum absolute atomic E-state index is 0.00240. The lowest BCUT2D eigenvalue weighted by Gasteiger charge is -2.34. The van der Waals surface area contributed by atoms with Crippen molar-refractivity contribution >= 4 is 23.0 Å². The summed E-state index contributed by atoms with van der Waals surface area (Å²) in [5, 5.41) is 0. The number of nitrogens with one attached hydrogen (secondary N) is 2. The molecule has 2 aliphatic heterocycles. The smallest absolute Gasteiger partial charge is 0.411 e. The number of ether oxygens (including phenoxy) is 1. The number of fused-ring (bicyclic) bond motifs is 1. The van der Waals surface area contributed by atoms with Crippen LogP contribution in [0.3, 0.4) is 0 Å². The number of carbonyl (C=O) groups excluding carboxylic acids is 2. The molecule has 4 aromatic rings. The Kier molecular flexibility index (Phi) is 8.41. The maximum atomic E-state index is 12.9. The Bertz CT molecular complexity index is 1800. The van der Waals surface area contributed by atoms with Gasteiger partial charge < -0.3 is 19.6 Å². The second kappa shape index (κ2) is 12.3. The molecule has 2 atom stereocenters. The van der Waals surface area contributed by atoms with Crippen LogP contribution in [0.2, 0.25) is 0 Å². The first-order valence-corrected chi connectivity index (χ1v) is 16.4. The number of aromatic nitrogens is 4. The van der Waals surface area contributed by atoms with E-state index in [1.165, 1.54) is 0 Å². The van der Waals surface area contributed by atoms with Gasteiger partial charge in [-0.1, -0.05) is 37.8 Å². The maximum absolute atomic E-state index is 12.9. The van der Waals surface area contributed by atoms with Gasteiger partial charge in [0.1, 0.15) is 22.8 Å². The van der Waals surface area contributed by atoms with Crippen LogP contribution in [-0.2, 0) is 15.1 Å². The van der Waals surface area contributed by atoms with Crippen molar-refractivity contribution in [2.45, 2.75) is 90.8 Å². The predicted molar refractivity (Wildman–Crippen MR) is 179 cm³/mol. The lowest BCUT2D eigenvalue weighted by Crippen LogP contribution is -2.46. The van der Waals surface area contributed by atoms with E-state index in [-0.39, 0.29) is 18.0 Å². The fraction of sp³-hybridized carbons (Fsp3) is 0.459. The van der Waals surface area contributed by atoms with Crippen molar-refractivity contribution in [1.82, 2.24) is 29.7 Å². The van der Waals surface area contributed by atoms with Gasteiger partial charge in [-0.3, -0.25) is 9.69 Å². The zero-order chi connectivity index (χ0) is 32.6. The molecule has 0 spiro atoms. The van der Waals surface area contributed by atoms with Crippen molar-refractivity contribution in [2.24, 2.45) is 5.92 Å². The number of amides is 2. The fourth-order valence-electron chi connectivity index (χ4n) is 6.52. The molecule has 0 aliphatic carbocycles. The fourth-order valence-corrected chi connectivity index (χ4v) is 6.52. The van der Waals surface area contributed by atoms with E-state index in [4.69, 9.17) is 9.72 Å². The average Bonchev–Trinajstić information content (AvgIpc) is 3.80. The van der Waals surface area contributed by atoms with Crippen LogP contribution in [0, 0.1) is 17.8 Å².